The van der Waals surface area contributed by atoms with Crippen molar-refractivity contribution in [3.63, 3.8) is 0 Å². The molecule has 14 heavy (non-hydrogen) atoms. The summed E-state index contributed by atoms with van der Waals surface area (Å²) in [6.45, 7) is 1.83. The van der Waals surface area contributed by atoms with Gasteiger partial charge in [-0.2, -0.15) is 0 Å². The molecule has 6 heteroatoms. The van der Waals surface area contributed by atoms with E-state index >= 15 is 0 Å². The molecule has 0 aromatic carbocycles. The van der Waals surface area contributed by atoms with Gasteiger partial charge >= 0.3 is 0 Å². The zero-order valence-corrected chi connectivity index (χ0v) is 8.46. The maximum atomic E-state index is 10.9. The summed E-state index contributed by atoms with van der Waals surface area (Å²) in [7, 11) is -3.70. The summed E-state index contributed by atoms with van der Waals surface area (Å²) < 4.78 is 27.0. The molecule has 0 aliphatic carbocycles. The minimum Gasteiger partial charge on any atom is -0.428 e. The van der Waals surface area contributed by atoms with Crippen molar-refractivity contribution in [2.45, 2.75) is 17.9 Å². The fourth-order valence-electron chi connectivity index (χ4n) is 1.57. The van der Waals surface area contributed by atoms with E-state index < -0.39 is 10.0 Å². The fourth-order valence-corrected chi connectivity index (χ4v) is 2.03. The first-order chi connectivity index (χ1) is 6.57. The van der Waals surface area contributed by atoms with Crippen LogP contribution in [0.2, 0.25) is 0 Å². The third-order valence-corrected chi connectivity index (χ3v) is 3.05. The average molecular weight is 216 g/mol. The predicted octanol–water partition coefficient (Wildman–Crippen LogP) is 0.527. The molecular formula is C8H12N2O3S. The lowest BCUT2D eigenvalue weighted by atomic mass is 10.4. The van der Waals surface area contributed by atoms with E-state index in [1.807, 2.05) is 4.90 Å². The summed E-state index contributed by atoms with van der Waals surface area (Å²) in [5, 5.41) is 4.76. The van der Waals surface area contributed by atoms with Crippen LogP contribution < -0.4 is 10.0 Å². The number of sulfonamides is 1. The Morgan fingerprint density at radius 3 is 2.43 bits per heavy atom. The lowest BCUT2D eigenvalue weighted by Gasteiger charge is -2.12. The molecule has 1 aromatic heterocycles. The number of nitrogens with two attached hydrogens (primary N) is 1. The van der Waals surface area contributed by atoms with Crippen molar-refractivity contribution in [1.82, 2.24) is 0 Å². The average Bonchev–Trinajstić information content (AvgIpc) is 2.73. The molecule has 1 aliphatic heterocycles. The molecule has 5 nitrogen and oxygen atoms in total. The molecule has 0 atom stereocenters. The van der Waals surface area contributed by atoms with Crippen LogP contribution in [0, 0.1) is 0 Å². The molecule has 2 rings (SSSR count). The van der Waals surface area contributed by atoms with Gasteiger partial charge in [0.2, 0.25) is 5.09 Å². The summed E-state index contributed by atoms with van der Waals surface area (Å²) in [6, 6.07) is 3.04. The molecule has 0 unspecified atom stereocenters. The Balaban J connectivity index is 2.25. The summed E-state index contributed by atoms with van der Waals surface area (Å²) in [5.41, 5.74) is 0. The van der Waals surface area contributed by atoms with Gasteiger partial charge in [-0.1, -0.05) is 0 Å². The molecule has 0 bridgehead atoms. The quantitative estimate of drug-likeness (QED) is 0.782. The van der Waals surface area contributed by atoms with Gasteiger partial charge in [-0.15, -0.1) is 0 Å². The van der Waals surface area contributed by atoms with Crippen LogP contribution in [0.1, 0.15) is 12.8 Å². The number of anilines is 1. The van der Waals surface area contributed by atoms with Gasteiger partial charge in [0.1, 0.15) is 0 Å². The largest absolute Gasteiger partial charge is 0.428 e. The SMILES string of the molecule is NS(=O)(=O)c1ccc(N2CCCC2)o1. The van der Waals surface area contributed by atoms with Gasteiger partial charge in [-0.3, -0.25) is 0 Å². The van der Waals surface area contributed by atoms with Crippen molar-refractivity contribution in [2.24, 2.45) is 5.14 Å². The Kier molecular flexibility index (Phi) is 2.24. The molecule has 78 valence electrons. The molecule has 1 aromatic rings. The van der Waals surface area contributed by atoms with E-state index in [4.69, 9.17) is 9.56 Å². The summed E-state index contributed by atoms with van der Waals surface area (Å²) in [6.07, 6.45) is 2.23. The van der Waals surface area contributed by atoms with E-state index in [1.54, 1.807) is 6.07 Å². The highest BCUT2D eigenvalue weighted by atomic mass is 32.2. The Morgan fingerprint density at radius 2 is 1.93 bits per heavy atom. The van der Waals surface area contributed by atoms with Crippen LogP contribution in [0.5, 0.6) is 0 Å². The second-order valence-electron chi connectivity index (χ2n) is 3.33. The van der Waals surface area contributed by atoms with E-state index in [1.165, 1.54) is 6.07 Å². The van der Waals surface area contributed by atoms with Gasteiger partial charge in [0.05, 0.1) is 0 Å². The molecule has 1 fully saturated rings. The van der Waals surface area contributed by atoms with E-state index in [2.05, 4.69) is 0 Å². The molecule has 0 spiro atoms. The number of hydrogen-bond acceptors (Lipinski definition) is 4. The van der Waals surface area contributed by atoms with Crippen LogP contribution in [-0.2, 0) is 10.0 Å². The zero-order valence-electron chi connectivity index (χ0n) is 7.64. The van der Waals surface area contributed by atoms with Gasteiger partial charge in [0.15, 0.2) is 5.88 Å². The maximum absolute atomic E-state index is 10.9. The minimum absolute atomic E-state index is 0.167. The molecule has 0 amide bonds. The van der Waals surface area contributed by atoms with Gasteiger partial charge in [-0.25, -0.2) is 13.6 Å². The minimum atomic E-state index is -3.70. The highest BCUT2D eigenvalue weighted by Gasteiger charge is 2.19. The summed E-state index contributed by atoms with van der Waals surface area (Å²) >= 11 is 0. The Hall–Kier alpha value is -1.01. The monoisotopic (exact) mass is 216 g/mol. The van der Waals surface area contributed by atoms with Crippen molar-refractivity contribution in [2.75, 3.05) is 18.0 Å². The molecule has 1 aliphatic rings. The third kappa shape index (κ3) is 1.76. The van der Waals surface area contributed by atoms with Crippen LogP contribution in [0.15, 0.2) is 21.6 Å². The predicted molar refractivity (Wildman–Crippen MR) is 51.5 cm³/mol. The second-order valence-corrected chi connectivity index (χ2v) is 4.82. The van der Waals surface area contributed by atoms with Gasteiger partial charge < -0.3 is 9.32 Å². The summed E-state index contributed by atoms with van der Waals surface area (Å²) in [4.78, 5) is 2.01. The number of primary sulfonamides is 1. The molecular weight excluding hydrogens is 204 g/mol. The maximum Gasteiger partial charge on any atom is 0.271 e. The molecule has 1 saturated heterocycles. The molecule has 2 N–H and O–H groups in total. The molecule has 0 saturated carbocycles. The van der Waals surface area contributed by atoms with Crippen LogP contribution in [0.4, 0.5) is 5.88 Å². The first kappa shape index (κ1) is 9.54. The first-order valence-corrected chi connectivity index (χ1v) is 5.99. The van der Waals surface area contributed by atoms with Gasteiger partial charge in [0, 0.05) is 19.2 Å². The van der Waals surface area contributed by atoms with Gasteiger partial charge in [0.25, 0.3) is 10.0 Å². The number of nitrogens with zero attached hydrogens (tertiary/aromatic N) is 1. The topological polar surface area (TPSA) is 76.5 Å². The Morgan fingerprint density at radius 1 is 1.29 bits per heavy atom. The smallest absolute Gasteiger partial charge is 0.271 e. The van der Waals surface area contributed by atoms with E-state index in [0.717, 1.165) is 25.9 Å². The molecule has 0 radical (unpaired) electrons. The number of rotatable bonds is 2. The van der Waals surface area contributed by atoms with E-state index in [9.17, 15) is 8.42 Å². The lowest BCUT2D eigenvalue weighted by molar-refractivity contribution is 0.449. The fraction of sp³-hybridized carbons (Fsp3) is 0.500. The standard InChI is InChI=1S/C8H12N2O3S/c9-14(11,12)8-4-3-7(13-8)10-5-1-2-6-10/h3-4H,1-2,5-6H2,(H2,9,11,12). The third-order valence-electron chi connectivity index (χ3n) is 2.27. The highest BCUT2D eigenvalue weighted by Crippen LogP contribution is 2.24. The zero-order chi connectivity index (χ0) is 10.2. The highest BCUT2D eigenvalue weighted by molar-refractivity contribution is 7.89. The van der Waals surface area contributed by atoms with Crippen molar-refractivity contribution in [3.05, 3.63) is 12.1 Å². The van der Waals surface area contributed by atoms with Crippen molar-refractivity contribution in [3.8, 4) is 0 Å². The van der Waals surface area contributed by atoms with E-state index in [0.29, 0.717) is 5.88 Å². The number of furan rings is 1. The Bertz CT molecular complexity index is 418. The summed E-state index contributed by atoms with van der Waals surface area (Å²) in [5.74, 6) is 0.589. The van der Waals surface area contributed by atoms with Crippen molar-refractivity contribution >= 4 is 15.9 Å². The molecule has 2 heterocycles. The van der Waals surface area contributed by atoms with E-state index in [-0.39, 0.29) is 5.09 Å². The second kappa shape index (κ2) is 3.29. The van der Waals surface area contributed by atoms with Crippen LogP contribution in [0.25, 0.3) is 0 Å². The lowest BCUT2D eigenvalue weighted by Crippen LogP contribution is -2.16. The number of hydrogen-bond donors (Lipinski definition) is 1. The van der Waals surface area contributed by atoms with Crippen molar-refractivity contribution < 1.29 is 12.8 Å². The van der Waals surface area contributed by atoms with Gasteiger partial charge in [-0.05, 0) is 18.9 Å². The van der Waals surface area contributed by atoms with Crippen molar-refractivity contribution in [1.29, 1.82) is 0 Å². The normalized spacial score (nSPS) is 17.6. The van der Waals surface area contributed by atoms with Crippen LogP contribution in [-0.4, -0.2) is 21.5 Å². The Labute approximate surface area is 82.5 Å². The van der Waals surface area contributed by atoms with Crippen LogP contribution in [0.3, 0.4) is 0 Å². The van der Waals surface area contributed by atoms with Crippen LogP contribution >= 0.6 is 0 Å². The first-order valence-electron chi connectivity index (χ1n) is 4.45.